The number of rotatable bonds is 6. The van der Waals surface area contributed by atoms with Crippen LogP contribution in [0.4, 0.5) is 0 Å². The number of thiophene rings is 1. The van der Waals surface area contributed by atoms with Gasteiger partial charge in [0.15, 0.2) is 9.84 Å². The first kappa shape index (κ1) is 17.1. The lowest BCUT2D eigenvalue weighted by Gasteiger charge is -2.17. The molecule has 0 saturated carbocycles. The van der Waals surface area contributed by atoms with E-state index in [0.717, 1.165) is 23.2 Å². The fraction of sp³-hybridized carbons (Fsp3) is 0.286. The maximum absolute atomic E-state index is 12.8. The highest BCUT2D eigenvalue weighted by Gasteiger charge is 2.30. The topological polar surface area (TPSA) is 80.3 Å². The van der Waals surface area contributed by atoms with Crippen molar-refractivity contribution in [2.45, 2.75) is 16.4 Å². The first-order valence-electron chi connectivity index (χ1n) is 6.49. The second-order valence-electron chi connectivity index (χ2n) is 5.00. The maximum Gasteiger partial charge on any atom is 0.208 e. The van der Waals surface area contributed by atoms with Gasteiger partial charge in [0.05, 0.1) is 6.26 Å². The van der Waals surface area contributed by atoms with Crippen LogP contribution >= 0.6 is 11.3 Å². The smallest absolute Gasteiger partial charge is 0.208 e. The number of hydrogen-bond donors (Lipinski definition) is 1. The van der Waals surface area contributed by atoms with Crippen molar-refractivity contribution in [1.82, 2.24) is 4.72 Å². The van der Waals surface area contributed by atoms with Crippen molar-refractivity contribution in [3.8, 4) is 0 Å². The fourth-order valence-electron chi connectivity index (χ4n) is 1.98. The lowest BCUT2D eigenvalue weighted by molar-refractivity contribution is 0.573. The number of benzene rings is 1. The number of sulfonamides is 1. The summed E-state index contributed by atoms with van der Waals surface area (Å²) in [5.74, 6) is 0. The van der Waals surface area contributed by atoms with Crippen LogP contribution in [0.1, 0.15) is 16.4 Å². The molecule has 0 unspecified atom stereocenters. The van der Waals surface area contributed by atoms with E-state index < -0.39 is 25.1 Å². The predicted octanol–water partition coefficient (Wildman–Crippen LogP) is 2.12. The van der Waals surface area contributed by atoms with Crippen molar-refractivity contribution in [3.05, 3.63) is 52.9 Å². The van der Waals surface area contributed by atoms with Crippen LogP contribution in [0.15, 0.2) is 46.0 Å². The summed E-state index contributed by atoms with van der Waals surface area (Å²) < 4.78 is 50.7. The van der Waals surface area contributed by atoms with Crippen LogP contribution in [-0.4, -0.2) is 29.6 Å². The summed E-state index contributed by atoms with van der Waals surface area (Å²) in [6, 6.07) is 10.2. The highest BCUT2D eigenvalue weighted by atomic mass is 32.2. The Bertz CT molecular complexity index is 823. The Labute approximate surface area is 135 Å². The number of nitrogens with one attached hydrogen (secondary N) is 1. The second-order valence-corrected chi connectivity index (χ2v) is 10.1. The average Bonchev–Trinajstić information content (AvgIpc) is 2.94. The first-order valence-corrected chi connectivity index (χ1v) is 10.8. The summed E-state index contributed by atoms with van der Waals surface area (Å²) in [5.41, 5.74) is 1.57. The van der Waals surface area contributed by atoms with Gasteiger partial charge in [0, 0.05) is 6.54 Å². The summed E-state index contributed by atoms with van der Waals surface area (Å²) in [6.45, 7) is 1.71. The summed E-state index contributed by atoms with van der Waals surface area (Å²) in [7, 11) is -7.13. The number of sulfone groups is 1. The zero-order valence-electron chi connectivity index (χ0n) is 12.2. The normalized spacial score (nSPS) is 13.9. The third kappa shape index (κ3) is 4.16. The molecule has 0 bridgehead atoms. The Hall–Kier alpha value is -1.22. The molecular weight excluding hydrogens is 342 g/mol. The van der Waals surface area contributed by atoms with Gasteiger partial charge in [-0.1, -0.05) is 35.9 Å². The predicted molar refractivity (Wildman–Crippen MR) is 88.3 cm³/mol. The van der Waals surface area contributed by atoms with Gasteiger partial charge in [0.25, 0.3) is 0 Å². The van der Waals surface area contributed by atoms with Gasteiger partial charge in [-0.15, -0.1) is 11.3 Å². The van der Waals surface area contributed by atoms with Crippen molar-refractivity contribution in [2.24, 2.45) is 0 Å². The molecule has 1 N–H and O–H groups in total. The van der Waals surface area contributed by atoms with Gasteiger partial charge >= 0.3 is 0 Å². The second kappa shape index (κ2) is 6.49. The van der Waals surface area contributed by atoms with Crippen LogP contribution in [0.5, 0.6) is 0 Å². The van der Waals surface area contributed by atoms with E-state index in [9.17, 15) is 16.8 Å². The van der Waals surface area contributed by atoms with Gasteiger partial charge in [-0.25, -0.2) is 21.6 Å². The Morgan fingerprint density at radius 3 is 2.23 bits per heavy atom. The third-order valence-corrected chi connectivity index (χ3v) is 7.35. The summed E-state index contributed by atoms with van der Waals surface area (Å²) in [4.78, 5) is 0. The van der Waals surface area contributed by atoms with E-state index in [-0.39, 0.29) is 10.8 Å². The molecule has 5 nitrogen and oxygen atoms in total. The summed E-state index contributed by atoms with van der Waals surface area (Å²) >= 11 is 1.12. The molecular formula is C14H17NO4S3. The maximum atomic E-state index is 12.8. The van der Waals surface area contributed by atoms with Crippen molar-refractivity contribution >= 4 is 31.2 Å². The fourth-order valence-corrected chi connectivity index (χ4v) is 5.42. The van der Waals surface area contributed by atoms with Crippen LogP contribution in [0.3, 0.4) is 0 Å². The molecule has 0 spiro atoms. The van der Waals surface area contributed by atoms with Crippen LogP contribution in [0.25, 0.3) is 0 Å². The van der Waals surface area contributed by atoms with Crippen LogP contribution in [0.2, 0.25) is 0 Å². The minimum atomic E-state index is -3.65. The molecule has 0 fully saturated rings. The molecule has 120 valence electrons. The molecule has 1 aromatic heterocycles. The largest absolute Gasteiger partial charge is 0.222 e. The van der Waals surface area contributed by atoms with Gasteiger partial charge in [-0.05, 0) is 23.9 Å². The Kier molecular flexibility index (Phi) is 5.06. The van der Waals surface area contributed by atoms with E-state index >= 15 is 0 Å². The lowest BCUT2D eigenvalue weighted by Crippen LogP contribution is -2.31. The Morgan fingerprint density at radius 1 is 1.09 bits per heavy atom. The van der Waals surface area contributed by atoms with Gasteiger partial charge in [-0.3, -0.25) is 0 Å². The van der Waals surface area contributed by atoms with Gasteiger partial charge in [0.2, 0.25) is 10.0 Å². The van der Waals surface area contributed by atoms with E-state index in [4.69, 9.17) is 0 Å². The first-order chi connectivity index (χ1) is 10.2. The van der Waals surface area contributed by atoms with Crippen LogP contribution in [0, 0.1) is 6.92 Å². The average molecular weight is 359 g/mol. The molecule has 0 radical (unpaired) electrons. The van der Waals surface area contributed by atoms with E-state index in [0.29, 0.717) is 5.56 Å². The monoisotopic (exact) mass is 359 g/mol. The minimum Gasteiger partial charge on any atom is -0.222 e. The molecule has 8 heteroatoms. The summed E-state index contributed by atoms with van der Waals surface area (Å²) in [6.07, 6.45) is 1.01. The number of hydrogen-bond acceptors (Lipinski definition) is 5. The highest BCUT2D eigenvalue weighted by molar-refractivity contribution is 7.93. The van der Waals surface area contributed by atoms with Crippen molar-refractivity contribution in [2.75, 3.05) is 12.8 Å². The molecule has 1 aromatic carbocycles. The molecule has 0 aliphatic heterocycles. The molecule has 1 atom stereocenters. The van der Waals surface area contributed by atoms with E-state index in [1.807, 2.05) is 19.1 Å². The van der Waals surface area contributed by atoms with E-state index in [1.54, 1.807) is 23.6 Å². The molecule has 0 aliphatic carbocycles. The quantitative estimate of drug-likeness (QED) is 0.857. The van der Waals surface area contributed by atoms with Gasteiger partial charge in [0.1, 0.15) is 9.46 Å². The number of aryl methyl sites for hydroxylation is 1. The molecule has 1 heterocycles. The minimum absolute atomic E-state index is 0.192. The zero-order chi connectivity index (χ0) is 16.4. The Morgan fingerprint density at radius 2 is 1.73 bits per heavy atom. The summed E-state index contributed by atoms with van der Waals surface area (Å²) in [5, 5.41) is 0.727. The highest BCUT2D eigenvalue weighted by Crippen LogP contribution is 2.31. The molecule has 22 heavy (non-hydrogen) atoms. The SMILES string of the molecule is Cc1ccc([C@H](CNS(C)(=O)=O)S(=O)(=O)c2cccs2)cc1. The van der Waals surface area contributed by atoms with E-state index in [2.05, 4.69) is 4.72 Å². The van der Waals surface area contributed by atoms with Gasteiger partial charge < -0.3 is 0 Å². The van der Waals surface area contributed by atoms with Gasteiger partial charge in [-0.2, -0.15) is 0 Å². The molecule has 2 rings (SSSR count). The van der Waals surface area contributed by atoms with Crippen LogP contribution in [-0.2, 0) is 19.9 Å². The zero-order valence-corrected chi connectivity index (χ0v) is 14.6. The van der Waals surface area contributed by atoms with Crippen molar-refractivity contribution in [3.63, 3.8) is 0 Å². The molecule has 0 aliphatic rings. The Balaban J connectivity index is 2.43. The third-order valence-electron chi connectivity index (χ3n) is 3.13. The standard InChI is InChI=1S/C14H17NO4S3/c1-11-5-7-12(8-6-11)13(10-15-21(2,16)17)22(18,19)14-4-3-9-20-14/h3-9,13,15H,10H2,1-2H3/t13-/m0/s1. The van der Waals surface area contributed by atoms with Crippen LogP contribution < -0.4 is 4.72 Å². The van der Waals surface area contributed by atoms with Crippen molar-refractivity contribution in [1.29, 1.82) is 0 Å². The molecule has 2 aromatic rings. The molecule has 0 amide bonds. The lowest BCUT2D eigenvalue weighted by atomic mass is 10.1. The van der Waals surface area contributed by atoms with E-state index in [1.165, 1.54) is 6.07 Å². The molecule has 0 saturated heterocycles. The van der Waals surface area contributed by atoms with Crippen molar-refractivity contribution < 1.29 is 16.8 Å².